The molecule has 1 aliphatic carbocycles. The molecule has 0 spiro atoms. The molecule has 1 saturated carbocycles. The van der Waals surface area contributed by atoms with Crippen LogP contribution in [0.2, 0.25) is 0 Å². The van der Waals surface area contributed by atoms with Gasteiger partial charge < -0.3 is 15.1 Å². The van der Waals surface area contributed by atoms with Gasteiger partial charge in [-0.2, -0.15) is 0 Å². The molecule has 3 saturated heterocycles. The molecule has 5 nitrogen and oxygen atoms in total. The lowest BCUT2D eigenvalue weighted by atomic mass is 9.77. The van der Waals surface area contributed by atoms with Gasteiger partial charge in [0.05, 0.1) is 0 Å². The molecule has 4 aliphatic rings. The second-order valence-electron chi connectivity index (χ2n) is 8.24. The summed E-state index contributed by atoms with van der Waals surface area (Å²) in [6.07, 6.45) is 9.76. The number of carbonyl (C=O) groups excluding carboxylic acids is 2. The van der Waals surface area contributed by atoms with Crippen molar-refractivity contribution in [2.24, 2.45) is 11.8 Å². The fourth-order valence-corrected chi connectivity index (χ4v) is 5.27. The van der Waals surface area contributed by atoms with Crippen molar-refractivity contribution < 1.29 is 9.59 Å². The summed E-state index contributed by atoms with van der Waals surface area (Å²) in [5.41, 5.74) is 0. The minimum absolute atomic E-state index is 0.0576. The van der Waals surface area contributed by atoms with Gasteiger partial charge in [-0.3, -0.25) is 9.59 Å². The maximum atomic E-state index is 13.2. The highest BCUT2D eigenvalue weighted by atomic mass is 16.2. The predicted octanol–water partition coefficient (Wildman–Crippen LogP) is 1.77. The van der Waals surface area contributed by atoms with Crippen molar-refractivity contribution in [2.45, 2.75) is 69.9 Å². The van der Waals surface area contributed by atoms with Crippen LogP contribution in [0, 0.1) is 11.8 Å². The van der Waals surface area contributed by atoms with Gasteiger partial charge in [0, 0.05) is 50.1 Å². The Morgan fingerprint density at radius 2 is 1.29 bits per heavy atom. The lowest BCUT2D eigenvalue weighted by molar-refractivity contribution is -0.147. The van der Waals surface area contributed by atoms with Gasteiger partial charge in [-0.15, -0.1) is 0 Å². The van der Waals surface area contributed by atoms with Crippen LogP contribution in [0.15, 0.2) is 0 Å². The Morgan fingerprint density at radius 3 is 2.00 bits per heavy atom. The zero-order valence-electron chi connectivity index (χ0n) is 14.7. The van der Waals surface area contributed by atoms with Crippen LogP contribution in [0.1, 0.15) is 57.8 Å². The second kappa shape index (κ2) is 7.03. The topological polar surface area (TPSA) is 52.7 Å². The molecule has 134 valence electrons. The van der Waals surface area contributed by atoms with Crippen LogP contribution in [0.3, 0.4) is 0 Å². The molecule has 0 aromatic heterocycles. The number of nitrogens with one attached hydrogen (secondary N) is 1. The largest absolute Gasteiger partial charge is 0.342 e. The number of amides is 2. The van der Waals surface area contributed by atoms with Crippen LogP contribution >= 0.6 is 0 Å². The average Bonchev–Trinajstić information content (AvgIpc) is 3.23. The molecule has 4 fully saturated rings. The highest BCUT2D eigenvalue weighted by molar-refractivity contribution is 5.88. The Kier molecular flexibility index (Phi) is 4.79. The number of fused-ring (bicyclic) bond motifs is 2. The highest BCUT2D eigenvalue weighted by Gasteiger charge is 2.41. The minimum atomic E-state index is -0.0662. The molecule has 3 heterocycles. The summed E-state index contributed by atoms with van der Waals surface area (Å²) in [5, 5.41) is 3.65. The fourth-order valence-electron chi connectivity index (χ4n) is 5.27. The van der Waals surface area contributed by atoms with Gasteiger partial charge in [-0.1, -0.05) is 12.8 Å². The molecule has 3 aliphatic heterocycles. The lowest BCUT2D eigenvalue weighted by Crippen LogP contribution is -2.48. The van der Waals surface area contributed by atoms with E-state index in [1.165, 1.54) is 12.8 Å². The van der Waals surface area contributed by atoms with Gasteiger partial charge in [0.2, 0.25) is 11.8 Å². The van der Waals surface area contributed by atoms with Crippen LogP contribution in [-0.4, -0.2) is 59.9 Å². The normalized spacial score (nSPS) is 36.7. The van der Waals surface area contributed by atoms with E-state index >= 15 is 0 Å². The number of hydrogen-bond acceptors (Lipinski definition) is 3. The molecule has 0 radical (unpaired) electrons. The van der Waals surface area contributed by atoms with Crippen molar-refractivity contribution in [2.75, 3.05) is 26.2 Å². The number of rotatable bonds is 2. The smallest absolute Gasteiger partial charge is 0.226 e. The molecule has 2 amide bonds. The van der Waals surface area contributed by atoms with Gasteiger partial charge in [-0.25, -0.2) is 0 Å². The van der Waals surface area contributed by atoms with E-state index in [0.29, 0.717) is 12.1 Å². The lowest BCUT2D eigenvalue weighted by Gasteiger charge is -2.36. The maximum absolute atomic E-state index is 13.2. The first-order chi connectivity index (χ1) is 11.7. The summed E-state index contributed by atoms with van der Waals surface area (Å²) >= 11 is 0. The van der Waals surface area contributed by atoms with E-state index in [9.17, 15) is 9.59 Å². The first-order valence-corrected chi connectivity index (χ1v) is 10.1. The third-order valence-corrected chi connectivity index (χ3v) is 6.65. The molecule has 0 aromatic carbocycles. The first kappa shape index (κ1) is 16.4. The fraction of sp³-hybridized carbons (Fsp3) is 0.895. The van der Waals surface area contributed by atoms with E-state index in [2.05, 4.69) is 10.2 Å². The van der Waals surface area contributed by atoms with E-state index in [1.807, 2.05) is 4.90 Å². The molecule has 5 heteroatoms. The molecule has 2 bridgehead atoms. The van der Waals surface area contributed by atoms with Crippen molar-refractivity contribution in [1.29, 1.82) is 0 Å². The molecule has 4 rings (SSSR count). The van der Waals surface area contributed by atoms with Gasteiger partial charge in [-0.05, 0) is 44.9 Å². The monoisotopic (exact) mass is 333 g/mol. The first-order valence-electron chi connectivity index (χ1n) is 10.1. The highest BCUT2D eigenvalue weighted by Crippen LogP contribution is 2.34. The zero-order chi connectivity index (χ0) is 16.5. The molecular weight excluding hydrogens is 302 g/mol. The zero-order valence-corrected chi connectivity index (χ0v) is 14.7. The van der Waals surface area contributed by atoms with Crippen LogP contribution in [0.5, 0.6) is 0 Å². The van der Waals surface area contributed by atoms with Crippen LogP contribution in [0.25, 0.3) is 0 Å². The summed E-state index contributed by atoms with van der Waals surface area (Å²) < 4.78 is 0. The Morgan fingerprint density at radius 1 is 0.667 bits per heavy atom. The van der Waals surface area contributed by atoms with Crippen molar-refractivity contribution >= 4 is 11.8 Å². The maximum Gasteiger partial charge on any atom is 0.226 e. The van der Waals surface area contributed by atoms with Crippen LogP contribution in [0.4, 0.5) is 0 Å². The molecule has 24 heavy (non-hydrogen) atoms. The van der Waals surface area contributed by atoms with E-state index in [1.54, 1.807) is 0 Å². The van der Waals surface area contributed by atoms with E-state index in [4.69, 9.17) is 0 Å². The van der Waals surface area contributed by atoms with Crippen molar-refractivity contribution in [1.82, 2.24) is 15.1 Å². The minimum Gasteiger partial charge on any atom is -0.342 e. The molecule has 4 unspecified atom stereocenters. The summed E-state index contributed by atoms with van der Waals surface area (Å²) in [4.78, 5) is 30.3. The van der Waals surface area contributed by atoms with E-state index < -0.39 is 0 Å². The third kappa shape index (κ3) is 3.19. The Hall–Kier alpha value is -1.10. The summed E-state index contributed by atoms with van der Waals surface area (Å²) in [7, 11) is 0. The number of nitrogens with zero attached hydrogens (tertiary/aromatic N) is 2. The van der Waals surface area contributed by atoms with Gasteiger partial charge in [0.15, 0.2) is 0 Å². The van der Waals surface area contributed by atoms with Crippen LogP contribution in [-0.2, 0) is 9.59 Å². The molecule has 0 aromatic rings. The van der Waals surface area contributed by atoms with Crippen molar-refractivity contribution in [3.05, 3.63) is 0 Å². The Balaban J connectivity index is 1.45. The molecule has 4 atom stereocenters. The Bertz CT molecular complexity index is 489. The average molecular weight is 333 g/mol. The van der Waals surface area contributed by atoms with Crippen molar-refractivity contribution in [3.8, 4) is 0 Å². The van der Waals surface area contributed by atoms with Crippen LogP contribution < -0.4 is 5.32 Å². The van der Waals surface area contributed by atoms with Crippen molar-refractivity contribution in [3.63, 3.8) is 0 Å². The molecular formula is C19H31N3O2. The second-order valence-corrected chi connectivity index (χ2v) is 8.24. The van der Waals surface area contributed by atoms with Gasteiger partial charge >= 0.3 is 0 Å². The SMILES string of the molecule is O=C(C1CCCCC1C(=O)N1CCC2CCC(C1)N2)N1CCCC1. The summed E-state index contributed by atoms with van der Waals surface area (Å²) in [5.74, 6) is 0.405. The quantitative estimate of drug-likeness (QED) is 0.838. The number of carbonyl (C=O) groups is 2. The van der Waals surface area contributed by atoms with Gasteiger partial charge in [0.1, 0.15) is 0 Å². The Labute approximate surface area is 145 Å². The van der Waals surface area contributed by atoms with E-state index in [-0.39, 0.29) is 23.7 Å². The standard InChI is InChI=1S/C19H31N3O2/c23-18(21-10-3-4-11-21)16-5-1-2-6-17(16)19(24)22-12-9-14-7-8-15(13-22)20-14/h14-17,20H,1-13H2. The molecule has 1 N–H and O–H groups in total. The van der Waals surface area contributed by atoms with E-state index in [0.717, 1.165) is 71.1 Å². The number of likely N-dealkylation sites (tertiary alicyclic amines) is 2. The number of hydrogen-bond donors (Lipinski definition) is 1. The third-order valence-electron chi connectivity index (χ3n) is 6.65. The summed E-state index contributed by atoms with van der Waals surface area (Å²) in [6, 6.07) is 1.07. The summed E-state index contributed by atoms with van der Waals surface area (Å²) in [6.45, 7) is 3.51. The predicted molar refractivity (Wildman–Crippen MR) is 92.4 cm³/mol. The van der Waals surface area contributed by atoms with Gasteiger partial charge in [0.25, 0.3) is 0 Å².